The molecule has 0 radical (unpaired) electrons. The second-order valence-electron chi connectivity index (χ2n) is 13.5. The SMILES string of the molecule is Cc1ccc2c(c1)c1ccccc1n2-c1ccccc1-c1nc(-n2c3ccccc3c3ccccc32)cc(-n2c3ccccc3c3ccccc32)n1. The number of aryl methyl sites for hydroxylation is 1. The molecule has 0 aliphatic carbocycles. The lowest BCUT2D eigenvalue weighted by molar-refractivity contribution is 0.991. The van der Waals surface area contributed by atoms with E-state index in [0.717, 1.165) is 56.0 Å². The van der Waals surface area contributed by atoms with Crippen molar-refractivity contribution < 1.29 is 0 Å². The minimum absolute atomic E-state index is 0.657. The lowest BCUT2D eigenvalue weighted by atomic mass is 10.1. The van der Waals surface area contributed by atoms with Gasteiger partial charge in [0.05, 0.1) is 38.8 Å². The Morgan fingerprint density at radius 1 is 0.346 bits per heavy atom. The molecule has 0 unspecified atom stereocenters. The normalized spacial score (nSPS) is 11.9. The topological polar surface area (TPSA) is 40.6 Å². The fourth-order valence-corrected chi connectivity index (χ4v) is 8.31. The Labute approximate surface area is 299 Å². The fraction of sp³-hybridized carbons (Fsp3) is 0.0213. The monoisotopic (exact) mass is 665 g/mol. The van der Waals surface area contributed by atoms with Crippen LogP contribution < -0.4 is 0 Å². The third-order valence-corrected chi connectivity index (χ3v) is 10.5. The molecule has 0 saturated carbocycles. The van der Waals surface area contributed by atoms with E-state index in [4.69, 9.17) is 9.97 Å². The van der Waals surface area contributed by atoms with Crippen molar-refractivity contribution in [3.63, 3.8) is 0 Å². The van der Waals surface area contributed by atoms with Gasteiger partial charge in [-0.05, 0) is 61.5 Å². The van der Waals surface area contributed by atoms with Crippen LogP contribution in [0.3, 0.4) is 0 Å². The Bertz CT molecular complexity index is 2970. The molecule has 0 bridgehead atoms. The average molecular weight is 666 g/mol. The highest BCUT2D eigenvalue weighted by molar-refractivity contribution is 6.11. The van der Waals surface area contributed by atoms with Crippen LogP contribution in [0.4, 0.5) is 0 Å². The second-order valence-corrected chi connectivity index (χ2v) is 13.5. The maximum Gasteiger partial charge on any atom is 0.166 e. The predicted molar refractivity (Wildman–Crippen MR) is 215 cm³/mol. The summed E-state index contributed by atoms with van der Waals surface area (Å²) in [6.07, 6.45) is 0. The zero-order valence-corrected chi connectivity index (χ0v) is 28.4. The Morgan fingerprint density at radius 2 is 0.731 bits per heavy atom. The highest BCUT2D eigenvalue weighted by Gasteiger charge is 2.21. The Morgan fingerprint density at radius 3 is 1.23 bits per heavy atom. The number of rotatable bonds is 4. The van der Waals surface area contributed by atoms with Crippen molar-refractivity contribution >= 4 is 65.4 Å². The zero-order chi connectivity index (χ0) is 34.3. The first-order chi connectivity index (χ1) is 25.7. The maximum absolute atomic E-state index is 5.49. The first kappa shape index (κ1) is 28.8. The van der Waals surface area contributed by atoms with E-state index in [1.807, 2.05) is 0 Å². The van der Waals surface area contributed by atoms with Gasteiger partial charge in [-0.3, -0.25) is 9.13 Å². The van der Waals surface area contributed by atoms with Crippen LogP contribution in [-0.2, 0) is 0 Å². The summed E-state index contributed by atoms with van der Waals surface area (Å²) in [5, 5.41) is 7.23. The van der Waals surface area contributed by atoms with Gasteiger partial charge in [-0.15, -0.1) is 0 Å². The van der Waals surface area contributed by atoms with E-state index in [2.05, 4.69) is 190 Å². The molecule has 0 atom stereocenters. The third kappa shape index (κ3) is 4.11. The Hall–Kier alpha value is -6.98. The van der Waals surface area contributed by atoms with Crippen molar-refractivity contribution in [2.45, 2.75) is 6.92 Å². The van der Waals surface area contributed by atoms with Crippen LogP contribution in [0.25, 0.3) is 94.1 Å². The summed E-state index contributed by atoms with van der Waals surface area (Å²) in [4.78, 5) is 11.0. The van der Waals surface area contributed by atoms with E-state index >= 15 is 0 Å². The lowest BCUT2D eigenvalue weighted by Crippen LogP contribution is -2.07. The third-order valence-electron chi connectivity index (χ3n) is 10.5. The molecular weight excluding hydrogens is 635 g/mol. The van der Waals surface area contributed by atoms with Crippen molar-refractivity contribution in [1.82, 2.24) is 23.7 Å². The van der Waals surface area contributed by atoms with Crippen LogP contribution >= 0.6 is 0 Å². The van der Waals surface area contributed by atoms with Crippen LogP contribution in [0, 0.1) is 6.92 Å². The molecule has 0 fully saturated rings. The largest absolute Gasteiger partial charge is 0.309 e. The van der Waals surface area contributed by atoms with Crippen molar-refractivity contribution in [2.75, 3.05) is 0 Å². The molecule has 11 rings (SSSR count). The molecule has 0 N–H and O–H groups in total. The first-order valence-electron chi connectivity index (χ1n) is 17.7. The van der Waals surface area contributed by atoms with E-state index in [1.54, 1.807) is 0 Å². The summed E-state index contributed by atoms with van der Waals surface area (Å²) in [5.41, 5.74) is 9.94. The molecular formula is C47H31N5. The van der Waals surface area contributed by atoms with Gasteiger partial charge in [-0.2, -0.15) is 0 Å². The van der Waals surface area contributed by atoms with Gasteiger partial charge in [0.1, 0.15) is 11.6 Å². The highest BCUT2D eigenvalue weighted by Crippen LogP contribution is 2.38. The Kier molecular flexibility index (Phi) is 6.10. The van der Waals surface area contributed by atoms with E-state index in [0.29, 0.717) is 5.82 Å². The minimum atomic E-state index is 0.657. The van der Waals surface area contributed by atoms with Crippen molar-refractivity contribution in [3.8, 4) is 28.7 Å². The van der Waals surface area contributed by atoms with Crippen LogP contribution in [0.2, 0.25) is 0 Å². The molecule has 52 heavy (non-hydrogen) atoms. The lowest BCUT2D eigenvalue weighted by Gasteiger charge is -2.16. The molecule has 5 nitrogen and oxygen atoms in total. The van der Waals surface area contributed by atoms with Gasteiger partial charge in [0.2, 0.25) is 0 Å². The number of fused-ring (bicyclic) bond motifs is 9. The molecule has 0 amide bonds. The molecule has 11 aromatic rings. The summed E-state index contributed by atoms with van der Waals surface area (Å²) >= 11 is 0. The van der Waals surface area contributed by atoms with Crippen LogP contribution in [-0.4, -0.2) is 23.7 Å². The van der Waals surface area contributed by atoms with Crippen molar-refractivity contribution in [2.24, 2.45) is 0 Å². The molecule has 5 heteroatoms. The number of benzene rings is 7. The molecule has 4 aromatic heterocycles. The van der Waals surface area contributed by atoms with E-state index < -0.39 is 0 Å². The standard InChI is InChI=1S/C47H31N5/c1-30-26-27-44-37(28-30)35-18-6-8-20-38(35)50(44)43-25-13-7-19-36(43)47-48-45(51-39-21-9-2-14-31(39)32-15-3-10-22-40(32)51)29-46(49-47)52-41-23-11-4-16-33(41)34-17-5-12-24-42(34)52/h2-29H,1H3. The van der Waals surface area contributed by atoms with E-state index in [-0.39, 0.29) is 0 Å². The second kappa shape index (κ2) is 11.0. The minimum Gasteiger partial charge on any atom is -0.309 e. The number of hydrogen-bond donors (Lipinski definition) is 0. The van der Waals surface area contributed by atoms with Crippen LogP contribution in [0.5, 0.6) is 0 Å². The first-order valence-corrected chi connectivity index (χ1v) is 17.7. The van der Waals surface area contributed by atoms with Gasteiger partial charge in [0.25, 0.3) is 0 Å². The van der Waals surface area contributed by atoms with Crippen molar-refractivity contribution in [3.05, 3.63) is 175 Å². The van der Waals surface area contributed by atoms with Crippen LogP contribution in [0.1, 0.15) is 5.56 Å². The average Bonchev–Trinajstić information content (AvgIpc) is 3.83. The smallest absolute Gasteiger partial charge is 0.166 e. The molecule has 0 aliphatic heterocycles. The summed E-state index contributed by atoms with van der Waals surface area (Å²) in [6.45, 7) is 2.16. The van der Waals surface area contributed by atoms with Gasteiger partial charge in [-0.1, -0.05) is 115 Å². The van der Waals surface area contributed by atoms with E-state index in [1.165, 1.54) is 37.9 Å². The summed E-state index contributed by atoms with van der Waals surface area (Å²) < 4.78 is 6.95. The summed E-state index contributed by atoms with van der Waals surface area (Å²) in [5.74, 6) is 2.28. The van der Waals surface area contributed by atoms with Gasteiger partial charge in [0, 0.05) is 43.9 Å². The number of para-hydroxylation sites is 6. The number of hydrogen-bond acceptors (Lipinski definition) is 2. The maximum atomic E-state index is 5.49. The number of nitrogens with zero attached hydrogens (tertiary/aromatic N) is 5. The molecule has 4 heterocycles. The summed E-state index contributed by atoms with van der Waals surface area (Å²) in [6, 6.07) is 60.5. The van der Waals surface area contributed by atoms with E-state index in [9.17, 15) is 0 Å². The molecule has 7 aromatic carbocycles. The highest BCUT2D eigenvalue weighted by atomic mass is 15.1. The molecule has 0 aliphatic rings. The van der Waals surface area contributed by atoms with Crippen molar-refractivity contribution in [1.29, 1.82) is 0 Å². The Balaban J connectivity index is 1.27. The van der Waals surface area contributed by atoms with Gasteiger partial charge < -0.3 is 4.57 Å². The quantitative estimate of drug-likeness (QED) is 0.188. The van der Waals surface area contributed by atoms with Gasteiger partial charge in [-0.25, -0.2) is 9.97 Å². The van der Waals surface area contributed by atoms with Gasteiger partial charge >= 0.3 is 0 Å². The number of aromatic nitrogens is 5. The molecule has 244 valence electrons. The zero-order valence-electron chi connectivity index (χ0n) is 28.4. The fourth-order valence-electron chi connectivity index (χ4n) is 8.31. The molecule has 0 saturated heterocycles. The predicted octanol–water partition coefficient (Wildman–Crippen LogP) is 11.7. The van der Waals surface area contributed by atoms with Gasteiger partial charge in [0.15, 0.2) is 5.82 Å². The van der Waals surface area contributed by atoms with Crippen LogP contribution in [0.15, 0.2) is 170 Å². The summed E-state index contributed by atoms with van der Waals surface area (Å²) in [7, 11) is 0. The molecule has 0 spiro atoms.